The number of hydrogen-bond donors (Lipinski definition) is 1. The number of pyridine rings is 1. The van der Waals surface area contributed by atoms with Crippen LogP contribution in [-0.4, -0.2) is 44.9 Å². The van der Waals surface area contributed by atoms with Crippen LogP contribution in [0.2, 0.25) is 15.1 Å². The highest BCUT2D eigenvalue weighted by Crippen LogP contribution is 2.39. The molecule has 2 aromatic carbocycles. The first kappa shape index (κ1) is 25.5. The van der Waals surface area contributed by atoms with E-state index in [1.165, 1.54) is 18.3 Å². The molecule has 0 saturated carbocycles. The van der Waals surface area contributed by atoms with Gasteiger partial charge in [0.05, 0.1) is 24.5 Å². The van der Waals surface area contributed by atoms with Gasteiger partial charge in [0.1, 0.15) is 16.9 Å². The number of nitrogens with zero attached hydrogens (tertiary/aromatic N) is 1. The summed E-state index contributed by atoms with van der Waals surface area (Å²) in [6, 6.07) is 9.47. The van der Waals surface area contributed by atoms with Gasteiger partial charge in [-0.25, -0.2) is 18.1 Å². The summed E-state index contributed by atoms with van der Waals surface area (Å²) in [5, 5.41) is 1.01. The molecular formula is C23H19Cl3N2O6S. The van der Waals surface area contributed by atoms with Gasteiger partial charge in [-0.15, -0.1) is 0 Å². The molecule has 35 heavy (non-hydrogen) atoms. The highest BCUT2D eigenvalue weighted by atomic mass is 35.5. The second-order valence-electron chi connectivity index (χ2n) is 7.84. The average Bonchev–Trinajstić information content (AvgIpc) is 2.73. The molecular weight excluding hydrogens is 539 g/mol. The first-order valence-corrected chi connectivity index (χ1v) is 13.2. The van der Waals surface area contributed by atoms with Crippen LogP contribution < -0.4 is 14.2 Å². The van der Waals surface area contributed by atoms with E-state index in [4.69, 9.17) is 49.0 Å². The number of ether oxygens (including phenoxy) is 3. The van der Waals surface area contributed by atoms with E-state index >= 15 is 0 Å². The summed E-state index contributed by atoms with van der Waals surface area (Å²) in [5.41, 5.74) is 2.01. The summed E-state index contributed by atoms with van der Waals surface area (Å²) in [4.78, 5) is 16.7. The van der Waals surface area contributed by atoms with E-state index in [9.17, 15) is 13.2 Å². The van der Waals surface area contributed by atoms with Crippen LogP contribution in [0, 0.1) is 6.92 Å². The smallest absolute Gasteiger partial charge is 0.264 e. The number of aromatic nitrogens is 1. The SMILES string of the molecule is Cc1cc(Cl)cc(Cl)c1Oc1ncc(-c2ccc(C(=O)NS(C)(=O)=O)cc2OC2COC2)cc1Cl. The lowest BCUT2D eigenvalue weighted by Crippen LogP contribution is -2.38. The number of aryl methyl sites for hydroxylation is 1. The number of nitrogens with one attached hydrogen (secondary N) is 1. The minimum atomic E-state index is -3.73. The van der Waals surface area contributed by atoms with Crippen molar-refractivity contribution in [3.63, 3.8) is 0 Å². The molecule has 8 nitrogen and oxygen atoms in total. The fraction of sp³-hybridized carbons (Fsp3) is 0.217. The first-order valence-electron chi connectivity index (χ1n) is 10.2. The number of hydrogen-bond acceptors (Lipinski definition) is 7. The van der Waals surface area contributed by atoms with Gasteiger partial charge in [0.2, 0.25) is 15.9 Å². The van der Waals surface area contributed by atoms with Gasteiger partial charge < -0.3 is 14.2 Å². The molecule has 0 atom stereocenters. The maximum absolute atomic E-state index is 12.3. The van der Waals surface area contributed by atoms with Crippen LogP contribution in [0.5, 0.6) is 17.4 Å². The Kier molecular flexibility index (Phi) is 7.44. The number of carbonyl (C=O) groups is 1. The molecule has 4 rings (SSSR count). The predicted molar refractivity (Wildman–Crippen MR) is 134 cm³/mol. The summed E-state index contributed by atoms with van der Waals surface area (Å²) in [6.07, 6.45) is 2.23. The van der Waals surface area contributed by atoms with Gasteiger partial charge in [-0.3, -0.25) is 4.79 Å². The number of amides is 1. The Bertz CT molecular complexity index is 1390. The van der Waals surface area contributed by atoms with Gasteiger partial charge in [-0.1, -0.05) is 34.8 Å². The summed E-state index contributed by atoms with van der Waals surface area (Å²) in [5.74, 6) is 0.0988. The quantitative estimate of drug-likeness (QED) is 0.422. The normalized spacial score (nSPS) is 13.7. The van der Waals surface area contributed by atoms with E-state index in [1.807, 2.05) is 4.72 Å². The molecule has 184 valence electrons. The molecule has 1 N–H and O–H groups in total. The molecule has 1 fully saturated rings. The van der Waals surface area contributed by atoms with Crippen molar-refractivity contribution in [3.8, 4) is 28.5 Å². The molecule has 3 aromatic rings. The topological polar surface area (TPSA) is 104 Å². The zero-order valence-electron chi connectivity index (χ0n) is 18.5. The predicted octanol–water partition coefficient (Wildman–Crippen LogP) is 5.28. The van der Waals surface area contributed by atoms with Crippen molar-refractivity contribution in [1.29, 1.82) is 0 Å². The van der Waals surface area contributed by atoms with Crippen molar-refractivity contribution in [2.24, 2.45) is 0 Å². The van der Waals surface area contributed by atoms with Gasteiger partial charge >= 0.3 is 0 Å². The zero-order chi connectivity index (χ0) is 25.3. The fourth-order valence-corrected chi connectivity index (χ4v) is 4.54. The highest BCUT2D eigenvalue weighted by Gasteiger charge is 2.24. The molecule has 1 aliphatic heterocycles. The third-order valence-electron chi connectivity index (χ3n) is 4.93. The number of sulfonamides is 1. The second kappa shape index (κ2) is 10.2. The van der Waals surface area contributed by atoms with E-state index in [2.05, 4.69) is 4.98 Å². The fourth-order valence-electron chi connectivity index (χ4n) is 3.25. The van der Waals surface area contributed by atoms with Crippen LogP contribution in [0.1, 0.15) is 15.9 Å². The molecule has 0 aliphatic carbocycles. The molecule has 2 heterocycles. The van der Waals surface area contributed by atoms with Crippen molar-refractivity contribution < 1.29 is 27.4 Å². The monoisotopic (exact) mass is 556 g/mol. The minimum Gasteiger partial charge on any atom is -0.485 e. The molecule has 0 bridgehead atoms. The standard InChI is InChI=1S/C23H19Cl3N2O6S/c1-12-5-15(24)8-18(25)21(12)34-23-19(26)6-14(9-27-23)17-4-3-13(22(29)28-35(2,30)31)7-20(17)33-16-10-32-11-16/h3-9,16H,10-11H2,1-2H3,(H,28,29). The van der Waals surface area contributed by atoms with Crippen molar-refractivity contribution in [3.05, 3.63) is 68.8 Å². The highest BCUT2D eigenvalue weighted by molar-refractivity contribution is 7.89. The maximum Gasteiger partial charge on any atom is 0.264 e. The number of carbonyl (C=O) groups excluding carboxylic acids is 1. The molecule has 0 unspecified atom stereocenters. The Morgan fingerprint density at radius 3 is 2.46 bits per heavy atom. The average molecular weight is 558 g/mol. The summed E-state index contributed by atoms with van der Waals surface area (Å²) >= 11 is 18.7. The molecule has 1 amide bonds. The third-order valence-corrected chi connectivity index (χ3v) is 6.26. The van der Waals surface area contributed by atoms with Gasteiger partial charge in [-0.2, -0.15) is 0 Å². The van der Waals surface area contributed by atoms with Crippen LogP contribution in [0.4, 0.5) is 0 Å². The van der Waals surface area contributed by atoms with Crippen LogP contribution in [0.3, 0.4) is 0 Å². The second-order valence-corrected chi connectivity index (χ2v) is 10.8. The molecule has 0 radical (unpaired) electrons. The van der Waals surface area contributed by atoms with Crippen molar-refractivity contribution in [2.75, 3.05) is 19.5 Å². The third kappa shape index (κ3) is 6.17. The summed E-state index contributed by atoms with van der Waals surface area (Å²) in [6.45, 7) is 2.59. The Balaban J connectivity index is 1.67. The zero-order valence-corrected chi connectivity index (χ0v) is 21.6. The molecule has 1 aromatic heterocycles. The van der Waals surface area contributed by atoms with Crippen LogP contribution in [0.25, 0.3) is 11.1 Å². The maximum atomic E-state index is 12.3. The lowest BCUT2D eigenvalue weighted by atomic mass is 10.0. The minimum absolute atomic E-state index is 0.112. The van der Waals surface area contributed by atoms with Crippen molar-refractivity contribution in [1.82, 2.24) is 9.71 Å². The van der Waals surface area contributed by atoms with Crippen molar-refractivity contribution in [2.45, 2.75) is 13.0 Å². The number of rotatable bonds is 7. The lowest BCUT2D eigenvalue weighted by molar-refractivity contribution is -0.0794. The van der Waals surface area contributed by atoms with E-state index in [-0.39, 0.29) is 22.6 Å². The largest absolute Gasteiger partial charge is 0.485 e. The molecule has 0 spiro atoms. The Morgan fingerprint density at radius 1 is 1.11 bits per heavy atom. The molecule has 1 saturated heterocycles. The number of benzene rings is 2. The van der Waals surface area contributed by atoms with E-state index in [0.717, 1.165) is 6.26 Å². The Labute approximate surface area is 217 Å². The molecule has 12 heteroatoms. The Hall–Kier alpha value is -2.56. The van der Waals surface area contributed by atoms with Crippen LogP contribution >= 0.6 is 34.8 Å². The lowest BCUT2D eigenvalue weighted by Gasteiger charge is -2.28. The van der Waals surface area contributed by atoms with Gasteiger partial charge in [0.25, 0.3) is 5.91 Å². The number of halogens is 3. The van der Waals surface area contributed by atoms with Crippen LogP contribution in [-0.2, 0) is 14.8 Å². The summed E-state index contributed by atoms with van der Waals surface area (Å²) in [7, 11) is -3.73. The van der Waals surface area contributed by atoms with Crippen LogP contribution in [0.15, 0.2) is 42.6 Å². The first-order chi connectivity index (χ1) is 16.5. The van der Waals surface area contributed by atoms with E-state index in [0.29, 0.717) is 51.4 Å². The van der Waals surface area contributed by atoms with Gasteiger partial charge in [0, 0.05) is 27.9 Å². The Morgan fingerprint density at radius 2 is 1.86 bits per heavy atom. The molecule has 1 aliphatic rings. The van der Waals surface area contributed by atoms with E-state index < -0.39 is 15.9 Å². The van der Waals surface area contributed by atoms with Crippen molar-refractivity contribution >= 4 is 50.7 Å². The summed E-state index contributed by atoms with van der Waals surface area (Å²) < 4.78 is 41.8. The van der Waals surface area contributed by atoms with Gasteiger partial charge in [0.15, 0.2) is 5.75 Å². The van der Waals surface area contributed by atoms with Gasteiger partial charge in [-0.05, 0) is 48.9 Å². The van der Waals surface area contributed by atoms with E-state index in [1.54, 1.807) is 31.2 Å².